The van der Waals surface area contributed by atoms with Crippen LogP contribution in [0.15, 0.2) is 54.6 Å². The topological polar surface area (TPSA) is 58.6 Å². The highest BCUT2D eigenvalue weighted by atomic mass is 16.5. The van der Waals surface area contributed by atoms with E-state index in [9.17, 15) is 9.59 Å². The van der Waals surface area contributed by atoms with Gasteiger partial charge in [0.1, 0.15) is 11.8 Å². The molecule has 0 heterocycles. The van der Waals surface area contributed by atoms with Crippen LogP contribution in [0.1, 0.15) is 31.9 Å². The third kappa shape index (κ3) is 6.13. The van der Waals surface area contributed by atoms with Crippen molar-refractivity contribution in [1.29, 1.82) is 0 Å². The Bertz CT molecular complexity index is 729. The van der Waals surface area contributed by atoms with Gasteiger partial charge in [-0.25, -0.2) is 0 Å². The fourth-order valence-corrected chi connectivity index (χ4v) is 2.73. The summed E-state index contributed by atoms with van der Waals surface area (Å²) in [6.07, 6.45) is 0.952. The van der Waals surface area contributed by atoms with Gasteiger partial charge < -0.3 is 15.0 Å². The molecule has 0 fully saturated rings. The van der Waals surface area contributed by atoms with Crippen molar-refractivity contribution in [3.8, 4) is 5.75 Å². The number of aryl methyl sites for hydroxylation is 1. The van der Waals surface area contributed by atoms with Crippen LogP contribution < -0.4 is 10.1 Å². The highest BCUT2D eigenvalue weighted by Gasteiger charge is 2.26. The number of benzene rings is 2. The predicted molar refractivity (Wildman–Crippen MR) is 106 cm³/mol. The lowest BCUT2D eigenvalue weighted by atomic mass is 10.1. The number of carbonyl (C=O) groups is 2. The maximum Gasteiger partial charge on any atom is 0.261 e. The predicted octanol–water partition coefficient (Wildman–Crippen LogP) is 3.18. The lowest BCUT2D eigenvalue weighted by Crippen LogP contribution is -2.49. The van der Waals surface area contributed by atoms with E-state index in [1.807, 2.05) is 61.5 Å². The van der Waals surface area contributed by atoms with Crippen molar-refractivity contribution >= 4 is 11.8 Å². The number of nitrogens with zero attached hydrogens (tertiary/aromatic N) is 1. The normalized spacial score (nSPS) is 11.5. The summed E-state index contributed by atoms with van der Waals surface area (Å²) in [6, 6.07) is 16.8. The van der Waals surface area contributed by atoms with Gasteiger partial charge in [-0.3, -0.25) is 9.59 Å². The molecule has 2 amide bonds. The quantitative estimate of drug-likeness (QED) is 0.740. The molecule has 0 radical (unpaired) electrons. The average molecular weight is 368 g/mol. The molecule has 0 aromatic heterocycles. The SMILES string of the molecule is CCNC(=O)[C@@H](C)N(Cc1ccccc1)C(=O)COc1ccc(CC)cc1. The van der Waals surface area contributed by atoms with Crippen molar-refractivity contribution in [2.24, 2.45) is 0 Å². The van der Waals surface area contributed by atoms with E-state index < -0.39 is 6.04 Å². The van der Waals surface area contributed by atoms with Gasteiger partial charge in [0.25, 0.3) is 5.91 Å². The molecule has 5 nitrogen and oxygen atoms in total. The Balaban J connectivity index is 2.07. The van der Waals surface area contributed by atoms with E-state index in [-0.39, 0.29) is 18.4 Å². The summed E-state index contributed by atoms with van der Waals surface area (Å²) in [5, 5.41) is 2.78. The first-order valence-electron chi connectivity index (χ1n) is 9.38. The van der Waals surface area contributed by atoms with Crippen molar-refractivity contribution in [2.45, 2.75) is 39.8 Å². The summed E-state index contributed by atoms with van der Waals surface area (Å²) < 4.78 is 5.65. The van der Waals surface area contributed by atoms with E-state index >= 15 is 0 Å². The van der Waals surface area contributed by atoms with Crippen LogP contribution in [0.25, 0.3) is 0 Å². The molecule has 0 saturated heterocycles. The van der Waals surface area contributed by atoms with Gasteiger partial charge in [-0.05, 0) is 43.5 Å². The number of hydrogen-bond donors (Lipinski definition) is 1. The Hall–Kier alpha value is -2.82. The molecule has 0 unspecified atom stereocenters. The van der Waals surface area contributed by atoms with Gasteiger partial charge in [-0.15, -0.1) is 0 Å². The maximum atomic E-state index is 12.8. The minimum absolute atomic E-state index is 0.109. The molecule has 2 aromatic rings. The summed E-state index contributed by atoms with van der Waals surface area (Å²) in [4.78, 5) is 26.6. The third-order valence-electron chi connectivity index (χ3n) is 4.41. The molecule has 0 bridgehead atoms. The number of carbonyl (C=O) groups excluding carboxylic acids is 2. The van der Waals surface area contributed by atoms with Crippen LogP contribution in [0.3, 0.4) is 0 Å². The second-order valence-corrected chi connectivity index (χ2v) is 6.36. The van der Waals surface area contributed by atoms with Gasteiger partial charge in [0.15, 0.2) is 6.61 Å². The molecular formula is C22H28N2O3. The van der Waals surface area contributed by atoms with Crippen molar-refractivity contribution in [3.05, 3.63) is 65.7 Å². The van der Waals surface area contributed by atoms with E-state index in [2.05, 4.69) is 12.2 Å². The number of rotatable bonds is 9. The molecule has 1 N–H and O–H groups in total. The van der Waals surface area contributed by atoms with Crippen LogP contribution in [-0.2, 0) is 22.6 Å². The molecule has 144 valence electrons. The fraction of sp³-hybridized carbons (Fsp3) is 0.364. The molecule has 0 spiro atoms. The van der Waals surface area contributed by atoms with Crippen molar-refractivity contribution < 1.29 is 14.3 Å². The summed E-state index contributed by atoms with van der Waals surface area (Å²) in [5.74, 6) is 0.247. The standard InChI is InChI=1S/C22H28N2O3/c1-4-18-11-13-20(14-12-18)27-16-21(25)24(17(3)22(26)23-5-2)15-19-9-7-6-8-10-19/h6-14,17H,4-5,15-16H2,1-3H3,(H,23,26)/t17-/m1/s1. The van der Waals surface area contributed by atoms with Crippen LogP contribution in [0.4, 0.5) is 0 Å². The van der Waals surface area contributed by atoms with Gasteiger partial charge in [0, 0.05) is 13.1 Å². The van der Waals surface area contributed by atoms with E-state index in [4.69, 9.17) is 4.74 Å². The molecule has 5 heteroatoms. The van der Waals surface area contributed by atoms with Crippen LogP contribution >= 0.6 is 0 Å². The summed E-state index contributed by atoms with van der Waals surface area (Å²) >= 11 is 0. The van der Waals surface area contributed by atoms with E-state index in [0.717, 1.165) is 12.0 Å². The van der Waals surface area contributed by atoms with Crippen LogP contribution in [0.5, 0.6) is 5.75 Å². The second kappa shape index (κ2) is 10.4. The first kappa shape index (κ1) is 20.5. The smallest absolute Gasteiger partial charge is 0.261 e. The highest BCUT2D eigenvalue weighted by molar-refractivity contribution is 5.87. The highest BCUT2D eigenvalue weighted by Crippen LogP contribution is 2.14. The molecule has 2 rings (SSSR count). The van der Waals surface area contributed by atoms with Crippen molar-refractivity contribution in [3.63, 3.8) is 0 Å². The molecule has 1 atom stereocenters. The Morgan fingerprint density at radius 1 is 1.00 bits per heavy atom. The molecular weight excluding hydrogens is 340 g/mol. The number of amides is 2. The molecule has 0 aliphatic carbocycles. The van der Waals surface area contributed by atoms with E-state index in [1.54, 1.807) is 11.8 Å². The monoisotopic (exact) mass is 368 g/mol. The van der Waals surface area contributed by atoms with Crippen LogP contribution in [-0.4, -0.2) is 35.9 Å². The Labute approximate surface area is 161 Å². The van der Waals surface area contributed by atoms with Crippen LogP contribution in [0, 0.1) is 0 Å². The molecule has 0 aliphatic rings. The first-order valence-corrected chi connectivity index (χ1v) is 9.38. The fourth-order valence-electron chi connectivity index (χ4n) is 2.73. The van der Waals surface area contributed by atoms with Gasteiger partial charge in [-0.2, -0.15) is 0 Å². The van der Waals surface area contributed by atoms with Gasteiger partial charge in [-0.1, -0.05) is 49.4 Å². The van der Waals surface area contributed by atoms with Crippen molar-refractivity contribution in [2.75, 3.05) is 13.2 Å². The minimum atomic E-state index is -0.580. The third-order valence-corrected chi connectivity index (χ3v) is 4.41. The lowest BCUT2D eigenvalue weighted by molar-refractivity contribution is -0.142. The molecule has 0 aliphatic heterocycles. The molecule has 2 aromatic carbocycles. The second-order valence-electron chi connectivity index (χ2n) is 6.36. The zero-order chi connectivity index (χ0) is 19.6. The van der Waals surface area contributed by atoms with Gasteiger partial charge in [0.2, 0.25) is 5.91 Å². The number of hydrogen-bond acceptors (Lipinski definition) is 3. The minimum Gasteiger partial charge on any atom is -0.484 e. The zero-order valence-electron chi connectivity index (χ0n) is 16.3. The number of ether oxygens (including phenoxy) is 1. The number of nitrogens with one attached hydrogen (secondary N) is 1. The number of likely N-dealkylation sites (N-methyl/N-ethyl adjacent to an activating group) is 1. The molecule has 0 saturated carbocycles. The van der Waals surface area contributed by atoms with Gasteiger partial charge in [0.05, 0.1) is 0 Å². The van der Waals surface area contributed by atoms with E-state index in [0.29, 0.717) is 18.8 Å². The lowest BCUT2D eigenvalue weighted by Gasteiger charge is -2.28. The van der Waals surface area contributed by atoms with Gasteiger partial charge >= 0.3 is 0 Å². The Morgan fingerprint density at radius 3 is 2.26 bits per heavy atom. The van der Waals surface area contributed by atoms with Crippen LogP contribution in [0.2, 0.25) is 0 Å². The largest absolute Gasteiger partial charge is 0.484 e. The first-order chi connectivity index (χ1) is 13.0. The summed E-state index contributed by atoms with van der Waals surface area (Å²) in [6.45, 7) is 6.46. The zero-order valence-corrected chi connectivity index (χ0v) is 16.3. The average Bonchev–Trinajstić information content (AvgIpc) is 2.71. The van der Waals surface area contributed by atoms with Crippen molar-refractivity contribution in [1.82, 2.24) is 10.2 Å². The summed E-state index contributed by atoms with van der Waals surface area (Å²) in [5.41, 5.74) is 2.18. The maximum absolute atomic E-state index is 12.8. The molecule has 27 heavy (non-hydrogen) atoms. The Morgan fingerprint density at radius 2 is 1.67 bits per heavy atom. The van der Waals surface area contributed by atoms with E-state index in [1.165, 1.54) is 5.56 Å². The Kier molecular flexibility index (Phi) is 7.86. The summed E-state index contributed by atoms with van der Waals surface area (Å²) in [7, 11) is 0.